The van der Waals surface area contributed by atoms with Crippen LogP contribution in [0.25, 0.3) is 55.6 Å². The van der Waals surface area contributed by atoms with Gasteiger partial charge < -0.3 is 19.4 Å². The molecule has 0 radical (unpaired) electrons. The maximum atomic E-state index is 14.7. The number of nitrogens with one attached hydrogen (secondary N) is 2. The molecule has 10 heteroatoms. The zero-order valence-corrected chi connectivity index (χ0v) is 24.8. The molecule has 45 heavy (non-hydrogen) atoms. The Bertz CT molecular complexity index is 2110. The van der Waals surface area contributed by atoms with Gasteiger partial charge in [-0.15, -0.1) is 0 Å². The number of halogens is 1. The van der Waals surface area contributed by atoms with E-state index in [1.807, 2.05) is 73.6 Å². The molecule has 9 nitrogen and oxygen atoms in total. The van der Waals surface area contributed by atoms with E-state index in [1.54, 1.807) is 31.0 Å². The molecule has 5 aromatic heterocycles. The molecule has 0 fully saturated rings. The maximum absolute atomic E-state index is 14.7. The predicted molar refractivity (Wildman–Crippen MR) is 172 cm³/mol. The highest BCUT2D eigenvalue weighted by atomic mass is 19.1. The molecule has 0 spiro atoms. The van der Waals surface area contributed by atoms with Crippen LogP contribution in [0.4, 0.5) is 4.39 Å². The van der Waals surface area contributed by atoms with E-state index in [0.717, 1.165) is 50.8 Å². The summed E-state index contributed by atoms with van der Waals surface area (Å²) in [6.45, 7) is 1.63. The number of aromatic amines is 2. The van der Waals surface area contributed by atoms with Crippen molar-refractivity contribution in [3.8, 4) is 45.1 Å². The molecule has 0 amide bonds. The molecule has 7 rings (SSSR count). The first-order valence-corrected chi connectivity index (χ1v) is 14.5. The lowest BCUT2D eigenvalue weighted by Crippen LogP contribution is -2.19. The van der Waals surface area contributed by atoms with E-state index in [2.05, 4.69) is 30.1 Å². The van der Waals surface area contributed by atoms with Crippen LogP contribution >= 0.6 is 0 Å². The third-order valence-corrected chi connectivity index (χ3v) is 7.50. The summed E-state index contributed by atoms with van der Waals surface area (Å²) in [6, 6.07) is 20.7. The van der Waals surface area contributed by atoms with E-state index in [1.165, 1.54) is 12.1 Å². The minimum atomic E-state index is -0.374. The van der Waals surface area contributed by atoms with E-state index >= 15 is 0 Å². The van der Waals surface area contributed by atoms with Gasteiger partial charge in [0.2, 0.25) is 0 Å². The highest BCUT2D eigenvalue weighted by Gasteiger charge is 2.16. The molecule has 0 atom stereocenters. The number of H-pyrrole nitrogens is 2. The summed E-state index contributed by atoms with van der Waals surface area (Å²) in [4.78, 5) is 18.9. The molecule has 7 aromatic rings. The van der Waals surface area contributed by atoms with Crippen molar-refractivity contribution in [1.29, 1.82) is 0 Å². The van der Waals surface area contributed by atoms with Gasteiger partial charge in [-0.3, -0.25) is 15.1 Å². The third-order valence-electron chi connectivity index (χ3n) is 7.50. The Balaban J connectivity index is 1.20. The Morgan fingerprint density at radius 3 is 2.47 bits per heavy atom. The quantitative estimate of drug-likeness (QED) is 0.176. The van der Waals surface area contributed by atoms with E-state index in [4.69, 9.17) is 9.47 Å². The fraction of sp³-hybridized carbons (Fsp3) is 0.143. The van der Waals surface area contributed by atoms with E-state index < -0.39 is 0 Å². The Morgan fingerprint density at radius 2 is 1.60 bits per heavy atom. The van der Waals surface area contributed by atoms with Crippen molar-refractivity contribution in [2.24, 2.45) is 0 Å². The van der Waals surface area contributed by atoms with Crippen LogP contribution in [0, 0.1) is 5.82 Å². The molecule has 0 aliphatic carbocycles. The second-order valence-electron chi connectivity index (χ2n) is 11.0. The Morgan fingerprint density at radius 1 is 0.778 bits per heavy atom. The summed E-state index contributed by atoms with van der Waals surface area (Å²) in [5.41, 5.74) is 7.23. The number of likely N-dealkylation sites (N-methyl/N-ethyl adjacent to an activating group) is 1. The molecule has 0 saturated heterocycles. The minimum Gasteiger partial charge on any atom is -0.492 e. The van der Waals surface area contributed by atoms with Crippen LogP contribution in [0.3, 0.4) is 0 Å². The molecule has 0 bridgehead atoms. The lowest BCUT2D eigenvalue weighted by atomic mass is 10.0. The summed E-state index contributed by atoms with van der Waals surface area (Å²) < 4.78 is 26.5. The summed E-state index contributed by atoms with van der Waals surface area (Å²) in [5, 5.41) is 9.36. The number of benzene rings is 2. The number of aromatic nitrogens is 6. The zero-order valence-electron chi connectivity index (χ0n) is 24.8. The van der Waals surface area contributed by atoms with Crippen LogP contribution in [0.1, 0.15) is 5.56 Å². The van der Waals surface area contributed by atoms with Crippen LogP contribution in [-0.2, 0) is 6.61 Å². The highest BCUT2D eigenvalue weighted by Crippen LogP contribution is 2.36. The fourth-order valence-electron chi connectivity index (χ4n) is 5.22. The van der Waals surface area contributed by atoms with Gasteiger partial charge in [-0.2, -0.15) is 5.10 Å². The third kappa shape index (κ3) is 6.09. The van der Waals surface area contributed by atoms with Gasteiger partial charge in [-0.25, -0.2) is 9.37 Å². The number of rotatable bonds is 10. The van der Waals surface area contributed by atoms with Crippen LogP contribution in [0.15, 0.2) is 97.7 Å². The molecular weight excluding hydrogens is 569 g/mol. The van der Waals surface area contributed by atoms with E-state index in [9.17, 15) is 4.39 Å². The van der Waals surface area contributed by atoms with Gasteiger partial charge in [0, 0.05) is 58.7 Å². The molecule has 0 saturated carbocycles. The molecular formula is C35H30FN7O2. The summed E-state index contributed by atoms with van der Waals surface area (Å²) in [7, 11) is 3.93. The van der Waals surface area contributed by atoms with E-state index in [0.29, 0.717) is 41.6 Å². The normalized spacial score (nSPS) is 11.5. The standard InChI is InChI=1S/C35H30FN7O2/c1-43(2)8-9-44-27-11-23(10-26(36)14-27)31-19-38-20-33-29(31)15-32(40-33)34-30-13-25(17-39-35(30)42-41-34)24-12-28(18-37-16-24)45-21-22-6-4-3-5-7-22/h3-7,10-20,40H,8-9,21H2,1-2H3,(H,39,41,42). The second-order valence-corrected chi connectivity index (χ2v) is 11.0. The average Bonchev–Trinajstić information content (AvgIpc) is 3.68. The number of pyridine rings is 3. The Labute approximate surface area is 258 Å². The van der Waals surface area contributed by atoms with Crippen molar-refractivity contribution in [1.82, 2.24) is 35.0 Å². The first kappa shape index (κ1) is 28.2. The number of fused-ring (bicyclic) bond motifs is 2. The summed E-state index contributed by atoms with van der Waals surface area (Å²) >= 11 is 0. The van der Waals surface area contributed by atoms with Crippen molar-refractivity contribution < 1.29 is 13.9 Å². The first-order chi connectivity index (χ1) is 22.0. The van der Waals surface area contributed by atoms with Gasteiger partial charge in [-0.1, -0.05) is 30.3 Å². The van der Waals surface area contributed by atoms with Crippen molar-refractivity contribution in [2.75, 3.05) is 27.2 Å². The monoisotopic (exact) mass is 599 g/mol. The van der Waals surface area contributed by atoms with Crippen LogP contribution in [0.5, 0.6) is 11.5 Å². The number of hydrogen-bond donors (Lipinski definition) is 2. The Hall–Kier alpha value is -5.61. The molecule has 0 unspecified atom stereocenters. The summed E-state index contributed by atoms with van der Waals surface area (Å²) in [5.74, 6) is 0.768. The van der Waals surface area contributed by atoms with Gasteiger partial charge in [0.25, 0.3) is 0 Å². The largest absolute Gasteiger partial charge is 0.492 e. The number of ether oxygens (including phenoxy) is 2. The molecule has 0 aliphatic heterocycles. The lowest BCUT2D eigenvalue weighted by Gasteiger charge is -2.12. The smallest absolute Gasteiger partial charge is 0.155 e. The number of nitrogens with zero attached hydrogens (tertiary/aromatic N) is 5. The fourth-order valence-corrected chi connectivity index (χ4v) is 5.22. The van der Waals surface area contributed by atoms with Gasteiger partial charge in [0.15, 0.2) is 5.65 Å². The first-order valence-electron chi connectivity index (χ1n) is 14.5. The van der Waals surface area contributed by atoms with Gasteiger partial charge in [-0.05, 0) is 55.6 Å². The van der Waals surface area contributed by atoms with Gasteiger partial charge in [0.05, 0.1) is 23.6 Å². The number of hydrogen-bond acceptors (Lipinski definition) is 7. The molecule has 0 aliphatic rings. The summed E-state index contributed by atoms with van der Waals surface area (Å²) in [6.07, 6.45) is 8.77. The highest BCUT2D eigenvalue weighted by molar-refractivity contribution is 6.00. The van der Waals surface area contributed by atoms with Crippen molar-refractivity contribution in [2.45, 2.75) is 6.61 Å². The topological polar surface area (TPSA) is 105 Å². The predicted octanol–water partition coefficient (Wildman–Crippen LogP) is 6.89. The van der Waals surface area contributed by atoms with E-state index in [-0.39, 0.29) is 5.82 Å². The van der Waals surface area contributed by atoms with Crippen molar-refractivity contribution in [3.05, 3.63) is 109 Å². The zero-order chi connectivity index (χ0) is 30.8. The van der Waals surface area contributed by atoms with Crippen LogP contribution in [0.2, 0.25) is 0 Å². The lowest BCUT2D eigenvalue weighted by molar-refractivity contribution is 0.260. The van der Waals surface area contributed by atoms with Crippen LogP contribution < -0.4 is 9.47 Å². The molecule has 2 aromatic carbocycles. The van der Waals surface area contributed by atoms with Crippen molar-refractivity contribution in [3.63, 3.8) is 0 Å². The average molecular weight is 600 g/mol. The molecule has 224 valence electrons. The SMILES string of the molecule is CN(C)CCOc1cc(F)cc(-c2cncc3[nH]c(-c4n[nH]c5ncc(-c6cncc(OCc7ccccc7)c6)cc45)cc23)c1. The molecule has 2 N–H and O–H groups in total. The van der Waals surface area contributed by atoms with Gasteiger partial charge >= 0.3 is 0 Å². The van der Waals surface area contributed by atoms with Gasteiger partial charge in [0.1, 0.15) is 36.2 Å². The molecule has 5 heterocycles. The Kier molecular flexibility index (Phi) is 7.62. The minimum absolute atomic E-state index is 0.374. The maximum Gasteiger partial charge on any atom is 0.155 e. The van der Waals surface area contributed by atoms with Crippen LogP contribution in [-0.4, -0.2) is 62.3 Å². The second kappa shape index (κ2) is 12.2. The van der Waals surface area contributed by atoms with Crippen molar-refractivity contribution >= 4 is 21.9 Å².